The predicted molar refractivity (Wildman–Crippen MR) is 104 cm³/mol. The molecular formula is C19H25N3O3S. The van der Waals surface area contributed by atoms with Crippen LogP contribution in [-0.2, 0) is 11.3 Å². The fraction of sp³-hybridized carbons (Fsp3) is 0.579. The van der Waals surface area contributed by atoms with E-state index in [9.17, 15) is 9.59 Å². The average molecular weight is 375 g/mol. The van der Waals surface area contributed by atoms with E-state index in [1.54, 1.807) is 12.1 Å². The summed E-state index contributed by atoms with van der Waals surface area (Å²) in [7, 11) is 0. The third kappa shape index (κ3) is 3.42. The van der Waals surface area contributed by atoms with E-state index in [1.165, 1.54) is 28.9 Å². The maximum atomic E-state index is 12.6. The van der Waals surface area contributed by atoms with Gasteiger partial charge in [-0.2, -0.15) is 11.8 Å². The highest BCUT2D eigenvalue weighted by Gasteiger charge is 2.40. The van der Waals surface area contributed by atoms with Crippen LogP contribution in [0.25, 0.3) is 11.1 Å². The number of thioether (sulfide) groups is 1. The maximum absolute atomic E-state index is 12.6. The van der Waals surface area contributed by atoms with Crippen molar-refractivity contribution in [2.75, 3.05) is 31.1 Å². The molecule has 1 saturated heterocycles. The first-order valence-electron chi connectivity index (χ1n) is 9.36. The summed E-state index contributed by atoms with van der Waals surface area (Å²) in [5.74, 6) is 1.74. The number of fused-ring (bicyclic) bond motifs is 1. The number of oxazole rings is 1. The summed E-state index contributed by atoms with van der Waals surface area (Å²) in [4.78, 5) is 27.2. The molecule has 1 saturated carbocycles. The highest BCUT2D eigenvalue weighted by Crippen LogP contribution is 2.36. The summed E-state index contributed by atoms with van der Waals surface area (Å²) < 4.78 is 6.62. The van der Waals surface area contributed by atoms with Crippen LogP contribution in [0.2, 0.25) is 0 Å². The van der Waals surface area contributed by atoms with Gasteiger partial charge in [0.1, 0.15) is 6.54 Å². The van der Waals surface area contributed by atoms with Gasteiger partial charge in [0, 0.05) is 36.7 Å². The monoisotopic (exact) mass is 375 g/mol. The number of hydrogen-bond donors (Lipinski definition) is 1. The van der Waals surface area contributed by atoms with E-state index in [4.69, 9.17) is 4.42 Å². The number of para-hydroxylation sites is 2. The number of nitrogens with one attached hydrogen (secondary N) is 1. The Balaban J connectivity index is 1.44. The Kier molecular flexibility index (Phi) is 5.09. The number of amides is 1. The maximum Gasteiger partial charge on any atom is 0.420 e. The summed E-state index contributed by atoms with van der Waals surface area (Å²) in [6.07, 6.45) is 4.75. The van der Waals surface area contributed by atoms with Crippen molar-refractivity contribution >= 4 is 28.8 Å². The zero-order valence-corrected chi connectivity index (χ0v) is 15.7. The van der Waals surface area contributed by atoms with Gasteiger partial charge >= 0.3 is 5.76 Å². The lowest BCUT2D eigenvalue weighted by atomic mass is 9.94. The average Bonchev–Trinajstić information content (AvgIpc) is 3.27. The summed E-state index contributed by atoms with van der Waals surface area (Å²) in [6, 6.07) is 7.20. The van der Waals surface area contributed by atoms with Crippen LogP contribution >= 0.6 is 11.8 Å². The molecule has 4 rings (SSSR count). The van der Waals surface area contributed by atoms with Crippen LogP contribution in [0.15, 0.2) is 33.5 Å². The summed E-state index contributed by atoms with van der Waals surface area (Å²) >= 11 is 2.01. The minimum Gasteiger partial charge on any atom is -0.408 e. The van der Waals surface area contributed by atoms with Crippen LogP contribution in [-0.4, -0.2) is 52.1 Å². The molecule has 1 aliphatic carbocycles. The van der Waals surface area contributed by atoms with E-state index in [1.807, 2.05) is 23.9 Å². The van der Waals surface area contributed by atoms with Gasteiger partial charge in [-0.25, -0.2) is 4.79 Å². The number of carbonyl (C=O) groups excluding carboxylic acids is 1. The first kappa shape index (κ1) is 17.7. The van der Waals surface area contributed by atoms with Gasteiger partial charge in [-0.15, -0.1) is 0 Å². The highest BCUT2D eigenvalue weighted by molar-refractivity contribution is 7.99. The predicted octanol–water partition coefficient (Wildman–Crippen LogP) is 2.07. The Bertz CT molecular complexity index is 832. The number of carbonyl (C=O) groups is 1. The molecule has 1 aromatic heterocycles. The van der Waals surface area contributed by atoms with E-state index >= 15 is 0 Å². The molecule has 140 valence electrons. The minimum absolute atomic E-state index is 0.00176. The van der Waals surface area contributed by atoms with Gasteiger partial charge in [-0.1, -0.05) is 25.0 Å². The Morgan fingerprint density at radius 2 is 1.92 bits per heavy atom. The van der Waals surface area contributed by atoms with Crippen molar-refractivity contribution in [3.05, 3.63) is 34.8 Å². The van der Waals surface area contributed by atoms with Crippen molar-refractivity contribution in [2.45, 2.75) is 37.8 Å². The number of rotatable bonds is 5. The van der Waals surface area contributed by atoms with Crippen LogP contribution < -0.4 is 11.1 Å². The molecule has 1 amide bonds. The Morgan fingerprint density at radius 1 is 1.19 bits per heavy atom. The van der Waals surface area contributed by atoms with E-state index in [-0.39, 0.29) is 18.0 Å². The van der Waals surface area contributed by atoms with Crippen LogP contribution in [0.4, 0.5) is 0 Å². The topological polar surface area (TPSA) is 67.5 Å². The largest absolute Gasteiger partial charge is 0.420 e. The Hall–Kier alpha value is -1.73. The first-order chi connectivity index (χ1) is 12.7. The van der Waals surface area contributed by atoms with Gasteiger partial charge in [-0.05, 0) is 25.0 Å². The summed E-state index contributed by atoms with van der Waals surface area (Å²) in [5.41, 5.74) is 1.28. The van der Waals surface area contributed by atoms with Gasteiger partial charge in [0.25, 0.3) is 0 Å². The van der Waals surface area contributed by atoms with Crippen molar-refractivity contribution in [2.24, 2.45) is 0 Å². The molecule has 0 radical (unpaired) electrons. The molecule has 1 aliphatic heterocycles. The molecule has 2 aromatic rings. The fourth-order valence-corrected chi connectivity index (χ4v) is 5.21. The van der Waals surface area contributed by atoms with E-state index < -0.39 is 5.76 Å². The number of nitrogens with zero attached hydrogens (tertiary/aromatic N) is 2. The van der Waals surface area contributed by atoms with Crippen molar-refractivity contribution in [1.82, 2.24) is 14.8 Å². The third-order valence-corrected chi connectivity index (χ3v) is 6.65. The Labute approximate surface area is 156 Å². The van der Waals surface area contributed by atoms with E-state index in [0.29, 0.717) is 17.6 Å². The quantitative estimate of drug-likeness (QED) is 0.867. The SMILES string of the molecule is O=C(Cn1c(=O)oc2ccccc21)NCC1(N2CCSCC2)CCCC1. The van der Waals surface area contributed by atoms with Crippen molar-refractivity contribution in [3.63, 3.8) is 0 Å². The molecule has 2 aliphatic rings. The zero-order valence-electron chi connectivity index (χ0n) is 14.9. The lowest BCUT2D eigenvalue weighted by Gasteiger charge is -2.43. The number of hydrogen-bond acceptors (Lipinski definition) is 5. The summed E-state index contributed by atoms with van der Waals surface area (Å²) in [5, 5.41) is 3.10. The van der Waals surface area contributed by atoms with Crippen molar-refractivity contribution < 1.29 is 9.21 Å². The second-order valence-corrected chi connectivity index (χ2v) is 8.45. The fourth-order valence-electron chi connectivity index (χ4n) is 4.30. The van der Waals surface area contributed by atoms with Crippen LogP contribution in [0.5, 0.6) is 0 Å². The lowest BCUT2D eigenvalue weighted by Crippen LogP contribution is -2.56. The second kappa shape index (κ2) is 7.48. The van der Waals surface area contributed by atoms with Crippen LogP contribution in [0.3, 0.4) is 0 Å². The van der Waals surface area contributed by atoms with Crippen LogP contribution in [0, 0.1) is 0 Å². The van der Waals surface area contributed by atoms with E-state index in [2.05, 4.69) is 10.2 Å². The molecule has 0 atom stereocenters. The molecule has 1 aromatic carbocycles. The highest BCUT2D eigenvalue weighted by atomic mass is 32.2. The molecule has 26 heavy (non-hydrogen) atoms. The third-order valence-electron chi connectivity index (χ3n) is 5.71. The first-order valence-corrected chi connectivity index (χ1v) is 10.5. The molecule has 6 nitrogen and oxygen atoms in total. The molecule has 0 spiro atoms. The molecule has 0 unspecified atom stereocenters. The molecule has 0 bridgehead atoms. The van der Waals surface area contributed by atoms with Crippen molar-refractivity contribution in [1.29, 1.82) is 0 Å². The molecule has 2 heterocycles. The van der Waals surface area contributed by atoms with E-state index in [0.717, 1.165) is 25.9 Å². The smallest absolute Gasteiger partial charge is 0.408 e. The van der Waals surface area contributed by atoms with Gasteiger partial charge in [-0.3, -0.25) is 14.3 Å². The number of aromatic nitrogens is 1. The van der Waals surface area contributed by atoms with Crippen molar-refractivity contribution in [3.8, 4) is 0 Å². The zero-order chi connectivity index (χ0) is 18.0. The van der Waals surface area contributed by atoms with Gasteiger partial charge in [0.15, 0.2) is 5.58 Å². The number of benzene rings is 1. The summed E-state index contributed by atoms with van der Waals surface area (Å²) in [6.45, 7) is 2.88. The molecule has 7 heteroatoms. The molecular weight excluding hydrogens is 350 g/mol. The lowest BCUT2D eigenvalue weighted by molar-refractivity contribution is -0.122. The standard InChI is InChI=1S/C19H25N3O3S/c23-17(13-22-15-5-1-2-6-16(15)25-18(22)24)20-14-19(7-3-4-8-19)21-9-11-26-12-10-21/h1-2,5-6H,3-4,7-14H2,(H,20,23). The molecule has 2 fully saturated rings. The van der Waals surface area contributed by atoms with Gasteiger partial charge < -0.3 is 9.73 Å². The van der Waals surface area contributed by atoms with Gasteiger partial charge in [0.05, 0.1) is 5.52 Å². The second-order valence-electron chi connectivity index (χ2n) is 7.23. The Morgan fingerprint density at radius 3 is 2.69 bits per heavy atom. The normalized spacial score (nSPS) is 20.5. The minimum atomic E-state index is -0.481. The molecule has 1 N–H and O–H groups in total. The van der Waals surface area contributed by atoms with Gasteiger partial charge in [0.2, 0.25) is 5.91 Å². The van der Waals surface area contributed by atoms with Crippen LogP contribution in [0.1, 0.15) is 25.7 Å².